The van der Waals surface area contributed by atoms with Crippen LogP contribution in [-0.4, -0.2) is 223 Å². The molecule has 5 heterocycles. The molecule has 2 atom stereocenters. The lowest BCUT2D eigenvalue weighted by molar-refractivity contribution is -0.136. The van der Waals surface area contributed by atoms with E-state index in [9.17, 15) is 62.4 Å². The minimum Gasteiger partial charge on any atom is -0.380 e. The molecule has 115 heavy (non-hydrogen) atoms. The Hall–Kier alpha value is -8.97. The first-order valence-electron chi connectivity index (χ1n) is 38.6. The third-order valence-electron chi connectivity index (χ3n) is 20.5. The standard InChI is InChI=1S/C81H100F4N12O14S4/c1-54(2)96-56(4)77(113(5,103)104)75(76(96)57-15-13-55(3)14-16-57)58-47-59(82)49-65(48-58)95-39-37-94(38-40-95)64-20-17-61(18-21-64)92-115(107,108)67-22-24-70(72(51-67)114(105,106)81(83,84)85)90-63(53-112-66-11-7-6-8-12-66)29-36-93-34-27-60(28-35-93)87-33-42-110-44-46-111-45-43-109-41-32-86-30-9-10-31-88-74(99)52-89-62-19-23-68-69(50-62)80(102)97(79(68)101)71-25-26-73(98)91-78(71)100/h6-8,11-24,47-51,54,60,63,71,86-87,89-90,92H,9-10,25-46,52-53H2,1-5H3,(H,88,99)(H,91,98,100). The maximum Gasteiger partial charge on any atom is 0.501 e. The second kappa shape index (κ2) is 39.3. The van der Waals surface area contributed by atoms with Crippen LogP contribution in [0.2, 0.25) is 0 Å². The molecule has 620 valence electrons. The molecule has 5 amide bonds. The van der Waals surface area contributed by atoms with E-state index < -0.39 is 92.2 Å². The molecular formula is C81H100F4N12O14S4. The number of thioether (sulfide) groups is 1. The van der Waals surface area contributed by atoms with Gasteiger partial charge in [0.2, 0.25) is 17.7 Å². The summed E-state index contributed by atoms with van der Waals surface area (Å²) >= 11 is 1.45. The van der Waals surface area contributed by atoms with Gasteiger partial charge in [0.05, 0.1) is 78.5 Å². The third kappa shape index (κ3) is 22.6. The minimum atomic E-state index is -6.11. The fourth-order valence-corrected chi connectivity index (χ4v) is 19.0. The number of amides is 5. The zero-order chi connectivity index (χ0) is 82.2. The highest BCUT2D eigenvalue weighted by molar-refractivity contribution is 7.99. The minimum absolute atomic E-state index is 0.0223. The number of alkyl halides is 3. The monoisotopic (exact) mass is 1670 g/mol. The first kappa shape index (κ1) is 86.9. The highest BCUT2D eigenvalue weighted by atomic mass is 32.2. The van der Waals surface area contributed by atoms with Gasteiger partial charge in [0.1, 0.15) is 16.8 Å². The molecular weight excluding hydrogens is 1570 g/mol. The van der Waals surface area contributed by atoms with Crippen molar-refractivity contribution in [2.24, 2.45) is 0 Å². The molecule has 0 radical (unpaired) electrons. The number of nitrogens with one attached hydrogen (secondary N) is 7. The Balaban J connectivity index is 0.577. The number of likely N-dealkylation sites (tertiary alicyclic amines) is 1. The number of piperazine rings is 1. The summed E-state index contributed by atoms with van der Waals surface area (Å²) in [4.78, 5) is 68.8. The molecule has 26 nitrogen and oxygen atoms in total. The van der Waals surface area contributed by atoms with Gasteiger partial charge in [-0.1, -0.05) is 48.0 Å². The summed E-state index contributed by atoms with van der Waals surface area (Å²) < 4.78 is 164. The third-order valence-corrected chi connectivity index (χ3v) is 25.9. The van der Waals surface area contributed by atoms with E-state index in [1.165, 1.54) is 54.4 Å². The van der Waals surface area contributed by atoms with Gasteiger partial charge in [-0.05, 0) is 188 Å². The van der Waals surface area contributed by atoms with Gasteiger partial charge in [-0.25, -0.2) is 29.6 Å². The maximum absolute atomic E-state index is 15.9. The summed E-state index contributed by atoms with van der Waals surface area (Å²) in [6, 6.07) is 33.8. The number of rotatable bonds is 40. The van der Waals surface area contributed by atoms with Crippen molar-refractivity contribution in [1.29, 1.82) is 0 Å². The van der Waals surface area contributed by atoms with E-state index in [1.807, 2.05) is 90.9 Å². The van der Waals surface area contributed by atoms with Crippen LogP contribution < -0.4 is 46.4 Å². The molecule has 0 bridgehead atoms. The number of carbonyl (C=O) groups excluding carboxylic acids is 5. The summed E-state index contributed by atoms with van der Waals surface area (Å²) in [7, 11) is -14.6. The van der Waals surface area contributed by atoms with Crippen LogP contribution >= 0.6 is 11.8 Å². The average Bonchev–Trinajstić information content (AvgIpc) is 1.72. The predicted octanol–water partition coefficient (Wildman–Crippen LogP) is 10.0. The quantitative estimate of drug-likeness (QED) is 0.00812. The molecule has 11 rings (SSSR count). The van der Waals surface area contributed by atoms with Gasteiger partial charge < -0.3 is 60.1 Å². The number of benzene rings is 6. The molecule has 7 N–H and O–H groups in total. The zero-order valence-electron chi connectivity index (χ0n) is 65.0. The number of imide groups is 2. The van der Waals surface area contributed by atoms with E-state index in [0.29, 0.717) is 144 Å². The van der Waals surface area contributed by atoms with Crippen LogP contribution in [0, 0.1) is 19.7 Å². The molecule has 3 fully saturated rings. The lowest BCUT2D eigenvalue weighted by Crippen LogP contribution is -2.54. The number of unbranched alkanes of at least 4 members (excludes halogenated alkanes) is 1. The number of halogens is 4. The van der Waals surface area contributed by atoms with Gasteiger partial charge in [-0.3, -0.25) is 38.9 Å². The van der Waals surface area contributed by atoms with E-state index in [-0.39, 0.29) is 59.1 Å². The highest BCUT2D eigenvalue weighted by Crippen LogP contribution is 2.45. The number of anilines is 5. The smallest absolute Gasteiger partial charge is 0.380 e. The summed E-state index contributed by atoms with van der Waals surface area (Å²) in [5.74, 6) is -2.82. The number of nitrogens with zero attached hydrogens (tertiary/aromatic N) is 5. The fourth-order valence-electron chi connectivity index (χ4n) is 14.7. The average molecular weight is 1670 g/mol. The maximum atomic E-state index is 15.9. The van der Waals surface area contributed by atoms with Gasteiger partial charge in [0.15, 0.2) is 9.84 Å². The summed E-state index contributed by atoms with van der Waals surface area (Å²) in [6.07, 6.45) is 4.88. The number of carbonyl (C=O) groups is 5. The topological polar surface area (TPSA) is 318 Å². The molecule has 4 aliphatic rings. The normalized spacial score (nSPS) is 16.3. The number of sulfonamides is 1. The van der Waals surface area contributed by atoms with Gasteiger partial charge in [-0.2, -0.15) is 13.2 Å². The second-order valence-corrected chi connectivity index (χ2v) is 35.8. The Bertz CT molecular complexity index is 4930. The molecule has 0 saturated carbocycles. The SMILES string of the molecule is Cc1ccc(-c2c(-c3cc(F)cc(N4CCN(c5ccc(NS(=O)(=O)c6ccc(NC(CCN7CCC(NCCOCCOCCOCCNCCCCNC(=O)CNc8ccc9c(c8)C(=O)N(C8CCC(=O)NC8=O)C9=O)CC7)CSc7ccccc7)c(S(=O)(=O)C(F)(F)F)c6)cc5)CC4)c3)c(S(C)(=O)=O)c(C)n2C(C)C)cc1. The molecule has 2 unspecified atom stereocenters. The molecule has 6 aromatic carbocycles. The van der Waals surface area contributed by atoms with Crippen molar-refractivity contribution >= 4 is 99.4 Å². The number of ether oxygens (including phenoxy) is 3. The lowest BCUT2D eigenvalue weighted by atomic mass is 9.99. The summed E-state index contributed by atoms with van der Waals surface area (Å²) in [5, 5.41) is 18.0. The Labute approximate surface area is 673 Å². The first-order valence-corrected chi connectivity index (χ1v) is 44.4. The molecule has 1 aromatic heterocycles. The number of piperidine rings is 2. The van der Waals surface area contributed by atoms with Crippen molar-refractivity contribution < 1.29 is 81.0 Å². The van der Waals surface area contributed by atoms with Gasteiger partial charge in [0, 0.05) is 128 Å². The number of fused-ring (bicyclic) bond motifs is 1. The summed E-state index contributed by atoms with van der Waals surface area (Å²) in [6.45, 7) is 16.5. The van der Waals surface area contributed by atoms with Crippen molar-refractivity contribution in [3.63, 3.8) is 0 Å². The molecule has 7 aromatic rings. The van der Waals surface area contributed by atoms with Crippen LogP contribution in [0.4, 0.5) is 46.0 Å². The van der Waals surface area contributed by atoms with E-state index in [4.69, 9.17) is 14.2 Å². The number of hydrogen-bond donors (Lipinski definition) is 7. The molecule has 34 heteroatoms. The van der Waals surface area contributed by atoms with Crippen molar-refractivity contribution in [2.45, 2.75) is 122 Å². The van der Waals surface area contributed by atoms with Crippen LogP contribution in [0.25, 0.3) is 22.4 Å². The lowest BCUT2D eigenvalue weighted by Gasteiger charge is -2.37. The van der Waals surface area contributed by atoms with Crippen LogP contribution in [-0.2, 0) is 58.3 Å². The van der Waals surface area contributed by atoms with E-state index in [1.54, 1.807) is 25.1 Å². The Morgan fingerprint density at radius 1 is 0.670 bits per heavy atom. The largest absolute Gasteiger partial charge is 0.501 e. The van der Waals surface area contributed by atoms with E-state index in [0.717, 1.165) is 84.1 Å². The zero-order valence-corrected chi connectivity index (χ0v) is 68.3. The molecule has 3 saturated heterocycles. The van der Waals surface area contributed by atoms with Crippen LogP contribution in [0.5, 0.6) is 0 Å². The van der Waals surface area contributed by atoms with Crippen LogP contribution in [0.1, 0.15) is 96.8 Å². The Morgan fingerprint density at radius 2 is 1.31 bits per heavy atom. The van der Waals surface area contributed by atoms with Crippen LogP contribution in [0.15, 0.2) is 153 Å². The van der Waals surface area contributed by atoms with Gasteiger partial charge in [0.25, 0.3) is 31.7 Å². The Morgan fingerprint density at radius 3 is 1.97 bits per heavy atom. The van der Waals surface area contributed by atoms with E-state index in [2.05, 4.69) is 46.4 Å². The van der Waals surface area contributed by atoms with Crippen molar-refractivity contribution in [1.82, 2.24) is 35.6 Å². The number of hydrogen-bond acceptors (Lipinski definition) is 22. The van der Waals surface area contributed by atoms with Crippen LogP contribution in [0.3, 0.4) is 0 Å². The highest BCUT2D eigenvalue weighted by Gasteiger charge is 2.49. The summed E-state index contributed by atoms with van der Waals surface area (Å²) in [5.41, 5.74) is -0.206. The molecule has 0 aliphatic carbocycles. The number of aryl methyl sites for hydroxylation is 1. The second-order valence-electron chi connectivity index (χ2n) is 29.2. The van der Waals surface area contributed by atoms with Gasteiger partial charge >= 0.3 is 5.51 Å². The van der Waals surface area contributed by atoms with Crippen molar-refractivity contribution in [2.75, 3.05) is 155 Å². The number of sulfone groups is 2. The van der Waals surface area contributed by atoms with Crippen molar-refractivity contribution in [3.8, 4) is 22.4 Å². The van der Waals surface area contributed by atoms with Crippen molar-refractivity contribution in [3.05, 3.63) is 162 Å². The Kier molecular flexibility index (Phi) is 29.7. The van der Waals surface area contributed by atoms with E-state index >= 15 is 4.39 Å². The predicted molar refractivity (Wildman–Crippen MR) is 435 cm³/mol. The number of aromatic nitrogens is 1. The molecule has 0 spiro atoms. The fraction of sp³-hybridized carbons (Fsp3) is 0.444. The molecule has 4 aliphatic heterocycles. The first-order chi connectivity index (χ1) is 54.9. The van der Waals surface area contributed by atoms with Gasteiger partial charge in [-0.15, -0.1) is 11.8 Å².